The predicted molar refractivity (Wildman–Crippen MR) is 136 cm³/mol. The highest BCUT2D eigenvalue weighted by atomic mass is 32.1. The van der Waals surface area contributed by atoms with Crippen LogP contribution in [0.2, 0.25) is 0 Å². The Kier molecular flexibility index (Phi) is 6.64. The Morgan fingerprint density at radius 3 is 2.51 bits per heavy atom. The number of methoxy groups -OCH3 is 1. The van der Waals surface area contributed by atoms with Crippen LogP contribution in [-0.4, -0.2) is 58.2 Å². The molecule has 0 atom stereocenters. The number of nitrogens with zero attached hydrogens (tertiary/aromatic N) is 5. The highest BCUT2D eigenvalue weighted by molar-refractivity contribution is 7.13. The molecule has 3 heterocycles. The standard InChI is InChI=1S/C25H31N5O4S/c1-27-21-8-7-19(34-2)15-20(21)23(32)30(25(27)33)16-17-3-5-18(6-4-17)22(31)28-10-12-29(13-11-28)24-26-9-14-35-24/h7-9,14-15,17-18H,3-6,10-13,16H2,1-2H3. The number of aryl methyl sites for hydroxylation is 1. The zero-order chi connectivity index (χ0) is 24.5. The van der Waals surface area contributed by atoms with E-state index in [1.165, 1.54) is 9.13 Å². The normalized spacial score (nSPS) is 20.9. The summed E-state index contributed by atoms with van der Waals surface area (Å²) in [5, 5.41) is 3.47. The third-order valence-electron chi connectivity index (χ3n) is 7.48. The number of hydrogen-bond acceptors (Lipinski definition) is 7. The van der Waals surface area contributed by atoms with Crippen LogP contribution in [0.25, 0.3) is 10.9 Å². The van der Waals surface area contributed by atoms with Crippen molar-refractivity contribution in [1.82, 2.24) is 19.0 Å². The predicted octanol–water partition coefficient (Wildman–Crippen LogP) is 2.32. The van der Waals surface area contributed by atoms with E-state index >= 15 is 0 Å². The maximum absolute atomic E-state index is 13.2. The van der Waals surface area contributed by atoms with Gasteiger partial charge in [-0.15, -0.1) is 11.3 Å². The molecule has 5 rings (SSSR count). The molecule has 2 aliphatic rings. The highest BCUT2D eigenvalue weighted by Gasteiger charge is 2.32. The van der Waals surface area contributed by atoms with Crippen LogP contribution in [-0.2, 0) is 18.4 Å². The van der Waals surface area contributed by atoms with Crippen molar-refractivity contribution in [2.75, 3.05) is 38.2 Å². The van der Waals surface area contributed by atoms with Crippen LogP contribution in [0.3, 0.4) is 0 Å². The fourth-order valence-electron chi connectivity index (χ4n) is 5.38. The van der Waals surface area contributed by atoms with Crippen LogP contribution < -0.4 is 20.9 Å². The first kappa shape index (κ1) is 23.6. The van der Waals surface area contributed by atoms with E-state index in [1.807, 2.05) is 16.5 Å². The Bertz CT molecular complexity index is 1320. The number of thiazole rings is 1. The van der Waals surface area contributed by atoms with Gasteiger partial charge >= 0.3 is 5.69 Å². The van der Waals surface area contributed by atoms with Gasteiger partial charge in [0.15, 0.2) is 5.13 Å². The number of benzene rings is 1. The second-order valence-electron chi connectivity index (χ2n) is 9.49. The van der Waals surface area contributed by atoms with E-state index in [9.17, 15) is 14.4 Å². The van der Waals surface area contributed by atoms with Crippen molar-refractivity contribution in [3.05, 3.63) is 50.6 Å². The lowest BCUT2D eigenvalue weighted by atomic mass is 9.81. The molecule has 10 heteroatoms. The van der Waals surface area contributed by atoms with Gasteiger partial charge in [-0.05, 0) is 49.8 Å². The van der Waals surface area contributed by atoms with Crippen molar-refractivity contribution in [3.63, 3.8) is 0 Å². The molecule has 1 saturated carbocycles. The Hall–Kier alpha value is -3.14. The lowest BCUT2D eigenvalue weighted by Crippen LogP contribution is -2.50. The van der Waals surface area contributed by atoms with Gasteiger partial charge in [-0.2, -0.15) is 0 Å². The fraction of sp³-hybridized carbons (Fsp3) is 0.520. The van der Waals surface area contributed by atoms with Crippen LogP contribution in [0.5, 0.6) is 5.75 Å². The van der Waals surface area contributed by atoms with E-state index in [2.05, 4.69) is 9.88 Å². The van der Waals surface area contributed by atoms with Crippen LogP contribution in [0.1, 0.15) is 25.7 Å². The molecule has 35 heavy (non-hydrogen) atoms. The summed E-state index contributed by atoms with van der Waals surface area (Å²) in [4.78, 5) is 47.9. The van der Waals surface area contributed by atoms with E-state index in [-0.39, 0.29) is 29.0 Å². The number of anilines is 1. The second kappa shape index (κ2) is 9.85. The van der Waals surface area contributed by atoms with Crippen molar-refractivity contribution in [3.8, 4) is 5.75 Å². The molecule has 1 amide bonds. The summed E-state index contributed by atoms with van der Waals surface area (Å²) in [6.07, 6.45) is 5.08. The number of carbonyl (C=O) groups excluding carboxylic acids is 1. The number of aromatic nitrogens is 3. The van der Waals surface area contributed by atoms with Crippen molar-refractivity contribution in [1.29, 1.82) is 0 Å². The molecule has 0 unspecified atom stereocenters. The molecule has 0 bridgehead atoms. The third-order valence-corrected chi connectivity index (χ3v) is 8.31. The fourth-order valence-corrected chi connectivity index (χ4v) is 6.08. The van der Waals surface area contributed by atoms with Gasteiger partial charge in [-0.25, -0.2) is 9.78 Å². The average molecular weight is 498 g/mol. The number of rotatable bonds is 5. The number of carbonyl (C=O) groups is 1. The largest absolute Gasteiger partial charge is 0.497 e. The molecule has 9 nitrogen and oxygen atoms in total. The lowest BCUT2D eigenvalue weighted by molar-refractivity contribution is -0.137. The molecule has 1 saturated heterocycles. The first-order valence-electron chi connectivity index (χ1n) is 12.2. The highest BCUT2D eigenvalue weighted by Crippen LogP contribution is 2.31. The Morgan fingerprint density at radius 2 is 1.86 bits per heavy atom. The summed E-state index contributed by atoms with van der Waals surface area (Å²) in [5.74, 6) is 1.06. The summed E-state index contributed by atoms with van der Waals surface area (Å²) in [7, 11) is 3.25. The summed E-state index contributed by atoms with van der Waals surface area (Å²) in [6.45, 7) is 3.46. The maximum atomic E-state index is 13.2. The molecule has 1 aromatic carbocycles. The molecular formula is C25H31N5O4S. The molecule has 3 aromatic rings. The monoisotopic (exact) mass is 497 g/mol. The SMILES string of the molecule is COc1ccc2c(c1)c(=O)n(CC1CCC(C(=O)N3CCN(c4nccs4)CC3)CC1)c(=O)n2C. The van der Waals surface area contributed by atoms with E-state index in [0.717, 1.165) is 57.0 Å². The van der Waals surface area contributed by atoms with Crippen LogP contribution in [0.15, 0.2) is 39.4 Å². The first-order valence-corrected chi connectivity index (χ1v) is 13.0. The van der Waals surface area contributed by atoms with Gasteiger partial charge < -0.3 is 14.5 Å². The van der Waals surface area contributed by atoms with Crippen molar-refractivity contribution in [2.24, 2.45) is 18.9 Å². The summed E-state index contributed by atoms with van der Waals surface area (Å²) >= 11 is 1.63. The maximum Gasteiger partial charge on any atom is 0.331 e. The molecule has 2 aromatic heterocycles. The van der Waals surface area contributed by atoms with Crippen molar-refractivity contribution < 1.29 is 9.53 Å². The van der Waals surface area contributed by atoms with Gasteiger partial charge in [0.2, 0.25) is 5.91 Å². The second-order valence-corrected chi connectivity index (χ2v) is 10.4. The Labute approximate surface area is 207 Å². The number of fused-ring (bicyclic) bond motifs is 1. The first-order chi connectivity index (χ1) is 17.0. The molecule has 1 aliphatic heterocycles. The lowest BCUT2D eigenvalue weighted by Gasteiger charge is -2.37. The number of hydrogen-bond donors (Lipinski definition) is 0. The van der Waals surface area contributed by atoms with Crippen molar-refractivity contribution >= 4 is 33.3 Å². The van der Waals surface area contributed by atoms with Gasteiger partial charge in [0.25, 0.3) is 5.56 Å². The van der Waals surface area contributed by atoms with E-state index in [1.54, 1.807) is 43.7 Å². The van der Waals surface area contributed by atoms with Crippen LogP contribution >= 0.6 is 11.3 Å². The molecule has 1 aliphatic carbocycles. The molecule has 0 radical (unpaired) electrons. The van der Waals surface area contributed by atoms with Crippen molar-refractivity contribution in [2.45, 2.75) is 32.2 Å². The van der Waals surface area contributed by atoms with E-state index in [4.69, 9.17) is 4.74 Å². The van der Waals surface area contributed by atoms with E-state index in [0.29, 0.717) is 23.2 Å². The molecule has 2 fully saturated rings. The third kappa shape index (κ3) is 4.59. The van der Waals surface area contributed by atoms with Crippen LogP contribution in [0, 0.1) is 11.8 Å². The summed E-state index contributed by atoms with van der Waals surface area (Å²) < 4.78 is 8.15. The van der Waals surface area contributed by atoms with Gasteiger partial charge in [0.05, 0.1) is 18.0 Å². The average Bonchev–Trinajstić information content (AvgIpc) is 3.45. The zero-order valence-corrected chi connectivity index (χ0v) is 21.0. The van der Waals surface area contributed by atoms with E-state index < -0.39 is 0 Å². The van der Waals surface area contributed by atoms with Gasteiger partial charge in [-0.3, -0.25) is 18.7 Å². The minimum Gasteiger partial charge on any atom is -0.497 e. The molecule has 0 N–H and O–H groups in total. The summed E-state index contributed by atoms with van der Waals surface area (Å²) in [6, 6.07) is 5.19. The van der Waals surface area contributed by atoms with Gasteiger partial charge in [-0.1, -0.05) is 0 Å². The van der Waals surface area contributed by atoms with Gasteiger partial charge in [0, 0.05) is 57.3 Å². The molecule has 186 valence electrons. The Balaban J connectivity index is 1.21. The number of piperazine rings is 1. The topological polar surface area (TPSA) is 89.7 Å². The number of ether oxygens (including phenoxy) is 1. The zero-order valence-electron chi connectivity index (χ0n) is 20.2. The number of amides is 1. The minimum absolute atomic E-state index is 0.0260. The molecule has 0 spiro atoms. The molecular weight excluding hydrogens is 466 g/mol. The Morgan fingerprint density at radius 1 is 1.11 bits per heavy atom. The summed E-state index contributed by atoms with van der Waals surface area (Å²) in [5.41, 5.74) is 0.0172. The van der Waals surface area contributed by atoms with Crippen LogP contribution in [0.4, 0.5) is 5.13 Å². The quantitative estimate of drug-likeness (QED) is 0.538. The van der Waals surface area contributed by atoms with Gasteiger partial charge in [0.1, 0.15) is 5.75 Å². The minimum atomic E-state index is -0.302. The smallest absolute Gasteiger partial charge is 0.331 e.